The Balaban J connectivity index is 1.23. The fourth-order valence-corrected chi connectivity index (χ4v) is 8.90. The van der Waals surface area contributed by atoms with Gasteiger partial charge in [-0.2, -0.15) is 5.26 Å². The van der Waals surface area contributed by atoms with E-state index in [0.717, 1.165) is 33.2 Å². The lowest BCUT2D eigenvalue weighted by Crippen LogP contribution is -1.94. The van der Waals surface area contributed by atoms with Gasteiger partial charge in [0, 0.05) is 16.5 Å². The molecule has 10 aromatic carbocycles. The van der Waals surface area contributed by atoms with E-state index >= 15 is 0 Å². The highest BCUT2D eigenvalue weighted by molar-refractivity contribution is 6.26. The van der Waals surface area contributed by atoms with Gasteiger partial charge in [-0.1, -0.05) is 146 Å². The average molecular weight is 697 g/mol. The maximum atomic E-state index is 9.99. The minimum atomic E-state index is 0.663. The van der Waals surface area contributed by atoms with Crippen LogP contribution in [0.5, 0.6) is 0 Å². The Bertz CT molecular complexity index is 3280. The Morgan fingerprint density at radius 3 is 1.36 bits per heavy atom. The lowest BCUT2D eigenvalue weighted by atomic mass is 9.84. The molecule has 0 aliphatic heterocycles. The zero-order valence-corrected chi connectivity index (χ0v) is 29.9. The van der Waals surface area contributed by atoms with Crippen molar-refractivity contribution in [3.05, 3.63) is 200 Å². The summed E-state index contributed by atoms with van der Waals surface area (Å²) in [6, 6.07) is 72.4. The second kappa shape index (κ2) is 12.3. The van der Waals surface area contributed by atoms with Crippen LogP contribution in [0.4, 0.5) is 0 Å². The summed E-state index contributed by atoms with van der Waals surface area (Å²) in [5, 5.41) is 19.6. The Labute approximate surface area is 318 Å². The topological polar surface area (TPSA) is 28.7 Å². The molecule has 254 valence electrons. The molecule has 0 spiro atoms. The van der Waals surface area contributed by atoms with Gasteiger partial charge < -0.3 is 4.57 Å². The van der Waals surface area contributed by atoms with E-state index in [1.54, 1.807) is 0 Å². The van der Waals surface area contributed by atoms with Crippen LogP contribution in [0.2, 0.25) is 0 Å². The van der Waals surface area contributed by atoms with Gasteiger partial charge in [-0.3, -0.25) is 0 Å². The van der Waals surface area contributed by atoms with Crippen LogP contribution < -0.4 is 0 Å². The third-order valence-corrected chi connectivity index (χ3v) is 11.3. The third-order valence-electron chi connectivity index (χ3n) is 11.3. The van der Waals surface area contributed by atoms with Crippen molar-refractivity contribution in [3.8, 4) is 56.3 Å². The number of hydrogen-bond donors (Lipinski definition) is 0. The number of nitrogens with zero attached hydrogens (tertiary/aromatic N) is 2. The van der Waals surface area contributed by atoms with Gasteiger partial charge in [-0.25, -0.2) is 0 Å². The zero-order chi connectivity index (χ0) is 36.5. The molecule has 0 N–H and O–H groups in total. The Morgan fingerprint density at radius 1 is 0.345 bits per heavy atom. The lowest BCUT2D eigenvalue weighted by molar-refractivity contribution is 1.18. The van der Waals surface area contributed by atoms with Gasteiger partial charge in [0.05, 0.1) is 22.7 Å². The smallest absolute Gasteiger partial charge is 0.0992 e. The maximum Gasteiger partial charge on any atom is 0.0992 e. The van der Waals surface area contributed by atoms with Crippen LogP contribution in [0, 0.1) is 11.3 Å². The number of nitriles is 1. The molecular weight excluding hydrogens is 665 g/mol. The predicted octanol–water partition coefficient (Wildman–Crippen LogP) is 14.2. The highest BCUT2D eigenvalue weighted by atomic mass is 15.0. The van der Waals surface area contributed by atoms with Crippen molar-refractivity contribution in [3.63, 3.8) is 0 Å². The molecule has 0 bridgehead atoms. The van der Waals surface area contributed by atoms with E-state index in [0.29, 0.717) is 5.56 Å². The van der Waals surface area contributed by atoms with Crippen molar-refractivity contribution in [1.29, 1.82) is 5.26 Å². The van der Waals surface area contributed by atoms with Crippen LogP contribution in [0.3, 0.4) is 0 Å². The molecule has 11 aromatic rings. The first kappa shape index (κ1) is 31.1. The van der Waals surface area contributed by atoms with E-state index in [4.69, 9.17) is 0 Å². The van der Waals surface area contributed by atoms with E-state index in [9.17, 15) is 5.26 Å². The molecule has 0 unspecified atom stereocenters. The molecule has 2 heteroatoms. The molecule has 0 saturated heterocycles. The number of para-hydroxylation sites is 1. The van der Waals surface area contributed by atoms with Crippen LogP contribution >= 0.6 is 0 Å². The Kier molecular flexibility index (Phi) is 6.96. The molecule has 0 saturated carbocycles. The van der Waals surface area contributed by atoms with Gasteiger partial charge in [0.25, 0.3) is 0 Å². The predicted molar refractivity (Wildman–Crippen MR) is 231 cm³/mol. The third kappa shape index (κ3) is 4.88. The van der Waals surface area contributed by atoms with Crippen molar-refractivity contribution < 1.29 is 0 Å². The number of benzene rings is 10. The van der Waals surface area contributed by atoms with Crippen LogP contribution in [-0.4, -0.2) is 4.57 Å². The molecule has 0 atom stereocenters. The van der Waals surface area contributed by atoms with Crippen LogP contribution in [0.25, 0.3) is 104 Å². The van der Waals surface area contributed by atoms with Crippen molar-refractivity contribution in [1.82, 2.24) is 4.57 Å². The fraction of sp³-hybridized carbons (Fsp3) is 0. The van der Waals surface area contributed by atoms with Gasteiger partial charge in [0.15, 0.2) is 0 Å². The van der Waals surface area contributed by atoms with E-state index in [2.05, 4.69) is 193 Å². The first-order valence-corrected chi connectivity index (χ1v) is 18.7. The second-order valence-corrected chi connectivity index (χ2v) is 14.4. The minimum absolute atomic E-state index is 0.663. The largest absolute Gasteiger partial charge is 0.309 e. The molecule has 0 radical (unpaired) electrons. The lowest BCUT2D eigenvalue weighted by Gasteiger charge is -2.20. The summed E-state index contributed by atoms with van der Waals surface area (Å²) in [5.74, 6) is 0. The van der Waals surface area contributed by atoms with Crippen molar-refractivity contribution >= 4 is 54.1 Å². The minimum Gasteiger partial charge on any atom is -0.309 e. The quantitative estimate of drug-likeness (QED) is 0.130. The van der Waals surface area contributed by atoms with Crippen LogP contribution in [-0.2, 0) is 0 Å². The number of aromatic nitrogens is 1. The SMILES string of the molecule is N#Cc1cc2ccc3cc(-c4ccc5c(-c6ccccc6)c6cc(-c7ccccc7)ccc6c(-c6ccccc6)c5c4)cc4c3c2c(c1)n4-c1ccccc1. The van der Waals surface area contributed by atoms with Gasteiger partial charge in [0.1, 0.15) is 0 Å². The number of hydrogen-bond acceptors (Lipinski definition) is 1. The first-order chi connectivity index (χ1) is 27.2. The fourth-order valence-electron chi connectivity index (χ4n) is 8.90. The Morgan fingerprint density at radius 2 is 0.818 bits per heavy atom. The molecule has 55 heavy (non-hydrogen) atoms. The van der Waals surface area contributed by atoms with E-state index in [1.807, 2.05) is 12.1 Å². The normalized spacial score (nSPS) is 11.6. The highest BCUT2D eigenvalue weighted by Crippen LogP contribution is 2.47. The summed E-state index contributed by atoms with van der Waals surface area (Å²) in [4.78, 5) is 0. The summed E-state index contributed by atoms with van der Waals surface area (Å²) in [6.45, 7) is 0. The summed E-state index contributed by atoms with van der Waals surface area (Å²) >= 11 is 0. The number of fused-ring (bicyclic) bond motifs is 2. The van der Waals surface area contributed by atoms with Gasteiger partial charge in [0.2, 0.25) is 0 Å². The van der Waals surface area contributed by atoms with E-state index in [-0.39, 0.29) is 0 Å². The monoisotopic (exact) mass is 696 g/mol. The molecule has 0 amide bonds. The summed E-state index contributed by atoms with van der Waals surface area (Å²) in [6.07, 6.45) is 0. The first-order valence-electron chi connectivity index (χ1n) is 18.7. The van der Waals surface area contributed by atoms with Gasteiger partial charge in [-0.15, -0.1) is 0 Å². The summed E-state index contributed by atoms with van der Waals surface area (Å²) in [7, 11) is 0. The maximum absolute atomic E-state index is 9.99. The molecule has 0 aliphatic rings. The molecule has 0 fully saturated rings. The molecule has 1 aromatic heterocycles. The molecular formula is C53H32N2. The zero-order valence-electron chi connectivity index (χ0n) is 29.9. The summed E-state index contributed by atoms with van der Waals surface area (Å²) in [5.41, 5.74) is 13.5. The van der Waals surface area contributed by atoms with Crippen molar-refractivity contribution in [2.24, 2.45) is 0 Å². The van der Waals surface area contributed by atoms with Gasteiger partial charge in [-0.05, 0) is 125 Å². The average Bonchev–Trinajstić information content (AvgIpc) is 3.60. The van der Waals surface area contributed by atoms with Crippen molar-refractivity contribution in [2.75, 3.05) is 0 Å². The standard InChI is InChI=1S/C53H32N2/c54-33-34-27-40-21-22-41-29-42(32-49-53(41)52(40)48(28-34)55(49)43-19-11-4-12-20-43)39-24-26-45-47(31-39)51(37-17-9-3-10-18-37)44-25-23-38(35-13-5-1-6-14-35)30-46(44)50(45)36-15-7-2-8-16-36/h1-32H. The second-order valence-electron chi connectivity index (χ2n) is 14.4. The molecule has 0 aliphatic carbocycles. The number of rotatable bonds is 5. The van der Waals surface area contributed by atoms with E-state index in [1.165, 1.54) is 71.1 Å². The summed E-state index contributed by atoms with van der Waals surface area (Å²) < 4.78 is 2.33. The van der Waals surface area contributed by atoms with Crippen molar-refractivity contribution in [2.45, 2.75) is 0 Å². The molecule has 2 nitrogen and oxygen atoms in total. The van der Waals surface area contributed by atoms with Crippen LogP contribution in [0.15, 0.2) is 194 Å². The van der Waals surface area contributed by atoms with Crippen LogP contribution in [0.1, 0.15) is 5.56 Å². The van der Waals surface area contributed by atoms with Gasteiger partial charge >= 0.3 is 0 Å². The molecule has 1 heterocycles. The van der Waals surface area contributed by atoms with E-state index < -0.39 is 0 Å². The highest BCUT2D eigenvalue weighted by Gasteiger charge is 2.21. The Hall–Kier alpha value is -7.47. The molecule has 11 rings (SSSR count).